The lowest BCUT2D eigenvalue weighted by atomic mass is 10.0. The van der Waals surface area contributed by atoms with Crippen LogP contribution in [0.3, 0.4) is 0 Å². The molecule has 2 aromatic carbocycles. The minimum atomic E-state index is 0.263. The number of nitrogens with zero attached hydrogens (tertiary/aromatic N) is 3. The van der Waals surface area contributed by atoms with Crippen LogP contribution in [0.5, 0.6) is 0 Å². The zero-order valence-corrected chi connectivity index (χ0v) is 11.3. The molecule has 0 bridgehead atoms. The van der Waals surface area contributed by atoms with Gasteiger partial charge in [-0.1, -0.05) is 42.5 Å². The van der Waals surface area contributed by atoms with E-state index in [1.165, 1.54) is 27.8 Å². The zero-order chi connectivity index (χ0) is 13.5. The summed E-state index contributed by atoms with van der Waals surface area (Å²) < 4.78 is 2.03. The highest BCUT2D eigenvalue weighted by molar-refractivity contribution is 5.76. The molecular formula is C17H15N3. The molecular weight excluding hydrogens is 246 g/mol. The van der Waals surface area contributed by atoms with Gasteiger partial charge in [0.1, 0.15) is 12.7 Å². The molecule has 0 saturated heterocycles. The lowest BCUT2D eigenvalue weighted by Crippen LogP contribution is -2.04. The second kappa shape index (κ2) is 4.30. The Labute approximate surface area is 117 Å². The van der Waals surface area contributed by atoms with Crippen molar-refractivity contribution in [2.24, 2.45) is 0 Å². The zero-order valence-electron chi connectivity index (χ0n) is 11.3. The summed E-state index contributed by atoms with van der Waals surface area (Å²) in [6.45, 7) is 2.17. The predicted molar refractivity (Wildman–Crippen MR) is 78.5 cm³/mol. The van der Waals surface area contributed by atoms with E-state index < -0.39 is 0 Å². The highest BCUT2D eigenvalue weighted by atomic mass is 15.2. The summed E-state index contributed by atoms with van der Waals surface area (Å²) in [5.41, 5.74) is 6.91. The van der Waals surface area contributed by atoms with Crippen LogP contribution in [-0.4, -0.2) is 14.8 Å². The molecule has 3 heteroatoms. The number of fused-ring (bicyclic) bond motifs is 3. The van der Waals surface area contributed by atoms with E-state index in [1.54, 1.807) is 12.7 Å². The fraction of sp³-hybridized carbons (Fsp3) is 0.176. The average Bonchev–Trinajstić information content (AvgIpc) is 3.13. The minimum absolute atomic E-state index is 0.263. The molecule has 4 rings (SSSR count). The third-order valence-electron chi connectivity index (χ3n) is 4.18. The summed E-state index contributed by atoms with van der Waals surface area (Å²) in [7, 11) is 0. The molecule has 0 fully saturated rings. The first-order chi connectivity index (χ1) is 9.83. The molecule has 0 spiro atoms. The maximum atomic E-state index is 3.89. The Balaban J connectivity index is 1.75. The van der Waals surface area contributed by atoms with Crippen LogP contribution >= 0.6 is 0 Å². The van der Waals surface area contributed by atoms with Gasteiger partial charge in [0.15, 0.2) is 0 Å². The maximum Gasteiger partial charge on any atom is 0.119 e. The summed E-state index contributed by atoms with van der Waals surface area (Å²) in [5, 5.41) is 7.77. The predicted octanol–water partition coefficient (Wildman–Crippen LogP) is 3.46. The van der Waals surface area contributed by atoms with Crippen molar-refractivity contribution in [2.75, 3.05) is 0 Å². The highest BCUT2D eigenvalue weighted by Gasteiger charge is 2.19. The second-order valence-corrected chi connectivity index (χ2v) is 5.34. The lowest BCUT2D eigenvalue weighted by Gasteiger charge is -2.14. The largest absolute Gasteiger partial charge is 0.313 e. The van der Waals surface area contributed by atoms with Crippen molar-refractivity contribution >= 4 is 0 Å². The van der Waals surface area contributed by atoms with Crippen molar-refractivity contribution in [1.29, 1.82) is 0 Å². The lowest BCUT2D eigenvalue weighted by molar-refractivity contribution is 0.636. The fourth-order valence-electron chi connectivity index (χ4n) is 3.01. The smallest absolute Gasteiger partial charge is 0.119 e. The normalized spacial score (nSPS) is 13.8. The number of aromatic nitrogens is 3. The van der Waals surface area contributed by atoms with Crippen molar-refractivity contribution in [3.05, 3.63) is 71.8 Å². The van der Waals surface area contributed by atoms with Crippen LogP contribution in [-0.2, 0) is 6.42 Å². The molecule has 0 amide bonds. The number of benzene rings is 2. The first-order valence-corrected chi connectivity index (χ1v) is 6.88. The summed E-state index contributed by atoms with van der Waals surface area (Å²) >= 11 is 0. The van der Waals surface area contributed by atoms with E-state index in [9.17, 15) is 0 Å². The quantitative estimate of drug-likeness (QED) is 0.553. The standard InChI is InChI=1S/C17H15N3/c1-12(20-10-18-19-11-20)13-6-7-17-15(8-13)9-14-4-2-3-5-16(14)17/h2-8,10-12H,9H2,1H3. The molecule has 3 nitrogen and oxygen atoms in total. The van der Waals surface area contributed by atoms with Crippen molar-refractivity contribution in [3.63, 3.8) is 0 Å². The van der Waals surface area contributed by atoms with Crippen LogP contribution in [0.25, 0.3) is 11.1 Å². The molecule has 0 saturated carbocycles. The molecule has 20 heavy (non-hydrogen) atoms. The molecule has 0 aliphatic heterocycles. The Bertz CT molecular complexity index is 760. The topological polar surface area (TPSA) is 30.7 Å². The Hall–Kier alpha value is -2.42. The van der Waals surface area contributed by atoms with E-state index >= 15 is 0 Å². The number of rotatable bonds is 2. The monoisotopic (exact) mass is 261 g/mol. The van der Waals surface area contributed by atoms with E-state index in [1.807, 2.05) is 4.57 Å². The van der Waals surface area contributed by atoms with Gasteiger partial charge >= 0.3 is 0 Å². The van der Waals surface area contributed by atoms with Crippen molar-refractivity contribution < 1.29 is 0 Å². The van der Waals surface area contributed by atoms with Crippen LogP contribution in [0, 0.1) is 0 Å². The van der Waals surface area contributed by atoms with Gasteiger partial charge in [0.2, 0.25) is 0 Å². The first kappa shape index (κ1) is 11.4. The number of hydrogen-bond donors (Lipinski definition) is 0. The molecule has 98 valence electrons. The second-order valence-electron chi connectivity index (χ2n) is 5.34. The van der Waals surface area contributed by atoms with E-state index in [4.69, 9.17) is 0 Å². The van der Waals surface area contributed by atoms with Crippen LogP contribution in [0.2, 0.25) is 0 Å². The van der Waals surface area contributed by atoms with Crippen LogP contribution < -0.4 is 0 Å². The number of hydrogen-bond acceptors (Lipinski definition) is 2. The third-order valence-corrected chi connectivity index (χ3v) is 4.18. The molecule has 1 aliphatic rings. The molecule has 3 aromatic rings. The van der Waals surface area contributed by atoms with Gasteiger partial charge in [-0.3, -0.25) is 0 Å². The van der Waals surface area contributed by atoms with E-state index in [0.29, 0.717) is 0 Å². The van der Waals surface area contributed by atoms with Crippen molar-refractivity contribution in [1.82, 2.24) is 14.8 Å². The Kier molecular flexibility index (Phi) is 2.46. The van der Waals surface area contributed by atoms with Gasteiger partial charge in [0.05, 0.1) is 6.04 Å². The van der Waals surface area contributed by atoms with E-state index in [0.717, 1.165) is 6.42 Å². The first-order valence-electron chi connectivity index (χ1n) is 6.88. The maximum absolute atomic E-state index is 3.89. The summed E-state index contributed by atoms with van der Waals surface area (Å²) in [6, 6.07) is 15.7. The Morgan fingerprint density at radius 3 is 2.55 bits per heavy atom. The SMILES string of the molecule is CC(c1ccc2c(c1)Cc1ccccc1-2)n1cnnc1. The van der Waals surface area contributed by atoms with Crippen molar-refractivity contribution in [2.45, 2.75) is 19.4 Å². The van der Waals surface area contributed by atoms with E-state index in [2.05, 4.69) is 59.6 Å². The van der Waals surface area contributed by atoms with Gasteiger partial charge in [0, 0.05) is 0 Å². The molecule has 1 aliphatic carbocycles. The molecule has 0 N–H and O–H groups in total. The Morgan fingerprint density at radius 1 is 0.950 bits per heavy atom. The van der Waals surface area contributed by atoms with E-state index in [-0.39, 0.29) is 6.04 Å². The molecule has 1 aromatic heterocycles. The van der Waals surface area contributed by atoms with Crippen LogP contribution in [0.15, 0.2) is 55.1 Å². The fourth-order valence-corrected chi connectivity index (χ4v) is 3.01. The van der Waals surface area contributed by atoms with Gasteiger partial charge in [-0.05, 0) is 41.2 Å². The third kappa shape index (κ3) is 1.67. The van der Waals surface area contributed by atoms with Gasteiger partial charge in [-0.15, -0.1) is 10.2 Å². The average molecular weight is 261 g/mol. The highest BCUT2D eigenvalue weighted by Crippen LogP contribution is 2.37. The van der Waals surface area contributed by atoms with Crippen molar-refractivity contribution in [3.8, 4) is 11.1 Å². The summed E-state index contributed by atoms with van der Waals surface area (Å²) in [4.78, 5) is 0. The summed E-state index contributed by atoms with van der Waals surface area (Å²) in [6.07, 6.45) is 4.58. The molecule has 1 unspecified atom stereocenters. The van der Waals surface area contributed by atoms with Crippen LogP contribution in [0.4, 0.5) is 0 Å². The molecule has 1 heterocycles. The van der Waals surface area contributed by atoms with Gasteiger partial charge in [-0.25, -0.2) is 0 Å². The van der Waals surface area contributed by atoms with Gasteiger partial charge in [-0.2, -0.15) is 0 Å². The minimum Gasteiger partial charge on any atom is -0.313 e. The van der Waals surface area contributed by atoms with Gasteiger partial charge in [0.25, 0.3) is 0 Å². The Morgan fingerprint density at radius 2 is 1.70 bits per heavy atom. The van der Waals surface area contributed by atoms with Gasteiger partial charge < -0.3 is 4.57 Å². The van der Waals surface area contributed by atoms with Crippen LogP contribution in [0.1, 0.15) is 29.7 Å². The molecule has 1 atom stereocenters. The summed E-state index contributed by atoms with van der Waals surface area (Å²) in [5.74, 6) is 0. The molecule has 0 radical (unpaired) electrons.